The molecule has 0 aromatic heterocycles. The molecule has 11 heavy (non-hydrogen) atoms. The van der Waals surface area contributed by atoms with Crippen molar-refractivity contribution in [2.24, 2.45) is 0 Å². The highest BCUT2D eigenvalue weighted by Gasteiger charge is 1.92. The van der Waals surface area contributed by atoms with Crippen molar-refractivity contribution >= 4 is 17.6 Å². The molecule has 0 amide bonds. The summed E-state index contributed by atoms with van der Waals surface area (Å²) in [7, 11) is 0. The van der Waals surface area contributed by atoms with Crippen LogP contribution in [0.3, 0.4) is 0 Å². The van der Waals surface area contributed by atoms with Gasteiger partial charge in [0.1, 0.15) is 0 Å². The standard InChI is InChI=1S/C8H14ClO2/c1-8(10)11-7-5-3-2-4-6-9/h5H,2-4,6-7H2,1H3. The number of ether oxygens (including phenoxy) is 1. The van der Waals surface area contributed by atoms with Crippen LogP contribution in [-0.4, -0.2) is 18.5 Å². The fraction of sp³-hybridized carbons (Fsp3) is 0.750. The molecule has 0 saturated heterocycles. The molecular weight excluding hydrogens is 164 g/mol. The van der Waals surface area contributed by atoms with Crippen LogP contribution in [0, 0.1) is 6.42 Å². The number of hydrogen-bond donors (Lipinski definition) is 0. The van der Waals surface area contributed by atoms with Gasteiger partial charge in [-0.15, -0.1) is 11.6 Å². The summed E-state index contributed by atoms with van der Waals surface area (Å²) < 4.78 is 4.69. The van der Waals surface area contributed by atoms with E-state index in [4.69, 9.17) is 16.3 Å². The maximum Gasteiger partial charge on any atom is 0.302 e. The third-order valence-corrected chi connectivity index (χ3v) is 1.46. The number of carbonyl (C=O) groups is 1. The van der Waals surface area contributed by atoms with Crippen molar-refractivity contribution in [3.05, 3.63) is 6.42 Å². The molecule has 0 bridgehead atoms. The molecule has 0 aliphatic rings. The highest BCUT2D eigenvalue weighted by Crippen LogP contribution is 1.99. The fourth-order valence-electron chi connectivity index (χ4n) is 0.643. The normalized spacial score (nSPS) is 9.64. The Morgan fingerprint density at radius 3 is 2.82 bits per heavy atom. The summed E-state index contributed by atoms with van der Waals surface area (Å²) in [5.41, 5.74) is 0. The lowest BCUT2D eigenvalue weighted by atomic mass is 10.2. The Labute approximate surface area is 72.9 Å². The number of halogens is 1. The van der Waals surface area contributed by atoms with E-state index >= 15 is 0 Å². The second-order valence-corrected chi connectivity index (χ2v) is 2.65. The monoisotopic (exact) mass is 177 g/mol. The van der Waals surface area contributed by atoms with Gasteiger partial charge >= 0.3 is 5.97 Å². The van der Waals surface area contributed by atoms with E-state index in [1.165, 1.54) is 6.92 Å². The van der Waals surface area contributed by atoms with Gasteiger partial charge in [-0.2, -0.15) is 0 Å². The number of esters is 1. The Hall–Kier alpha value is -0.240. The first-order chi connectivity index (χ1) is 5.27. The van der Waals surface area contributed by atoms with Crippen molar-refractivity contribution in [2.75, 3.05) is 12.5 Å². The Bertz CT molecular complexity index is 104. The molecule has 2 nitrogen and oxygen atoms in total. The first-order valence-corrected chi connectivity index (χ1v) is 4.32. The van der Waals surface area contributed by atoms with Gasteiger partial charge in [-0.1, -0.05) is 6.42 Å². The summed E-state index contributed by atoms with van der Waals surface area (Å²) >= 11 is 5.47. The Morgan fingerprint density at radius 1 is 1.55 bits per heavy atom. The topological polar surface area (TPSA) is 26.3 Å². The van der Waals surface area contributed by atoms with Crippen LogP contribution in [0.2, 0.25) is 0 Å². The van der Waals surface area contributed by atoms with Crippen LogP contribution >= 0.6 is 11.6 Å². The second-order valence-electron chi connectivity index (χ2n) is 2.28. The predicted molar refractivity (Wildman–Crippen MR) is 45.5 cm³/mol. The van der Waals surface area contributed by atoms with E-state index in [1.807, 2.05) is 6.42 Å². The van der Waals surface area contributed by atoms with Gasteiger partial charge in [-0.3, -0.25) is 4.79 Å². The van der Waals surface area contributed by atoms with Gasteiger partial charge in [0, 0.05) is 12.8 Å². The molecule has 0 saturated carbocycles. The van der Waals surface area contributed by atoms with E-state index in [-0.39, 0.29) is 5.97 Å². The van der Waals surface area contributed by atoms with E-state index in [9.17, 15) is 4.79 Å². The molecule has 0 heterocycles. The minimum Gasteiger partial charge on any atom is -0.466 e. The summed E-state index contributed by atoms with van der Waals surface area (Å²) in [5, 5.41) is 0. The van der Waals surface area contributed by atoms with Crippen molar-refractivity contribution in [1.82, 2.24) is 0 Å². The van der Waals surface area contributed by atoms with Crippen molar-refractivity contribution < 1.29 is 9.53 Å². The van der Waals surface area contributed by atoms with Gasteiger partial charge in [0.05, 0.1) is 6.61 Å². The molecule has 0 aromatic rings. The minimum atomic E-state index is -0.224. The van der Waals surface area contributed by atoms with E-state index in [0.29, 0.717) is 12.5 Å². The van der Waals surface area contributed by atoms with Crippen LogP contribution < -0.4 is 0 Å². The van der Waals surface area contributed by atoms with Crippen LogP contribution in [0.25, 0.3) is 0 Å². The Kier molecular flexibility index (Phi) is 7.69. The van der Waals surface area contributed by atoms with Crippen LogP contribution in [-0.2, 0) is 9.53 Å². The number of rotatable bonds is 6. The molecule has 0 aliphatic carbocycles. The van der Waals surface area contributed by atoms with Crippen molar-refractivity contribution in [3.63, 3.8) is 0 Å². The van der Waals surface area contributed by atoms with Crippen molar-refractivity contribution in [3.8, 4) is 0 Å². The molecule has 1 radical (unpaired) electrons. The van der Waals surface area contributed by atoms with Gasteiger partial charge in [0.2, 0.25) is 0 Å². The Morgan fingerprint density at radius 2 is 2.27 bits per heavy atom. The summed E-state index contributed by atoms with van der Waals surface area (Å²) in [5.74, 6) is 0.486. The van der Waals surface area contributed by atoms with Crippen LogP contribution in [0.4, 0.5) is 0 Å². The lowest BCUT2D eigenvalue weighted by Crippen LogP contribution is -2.00. The average Bonchev–Trinajstić information content (AvgIpc) is 1.96. The van der Waals surface area contributed by atoms with Gasteiger partial charge in [-0.05, 0) is 19.3 Å². The summed E-state index contributed by atoms with van der Waals surface area (Å²) in [4.78, 5) is 10.3. The zero-order valence-corrected chi connectivity index (χ0v) is 7.56. The molecule has 65 valence electrons. The molecule has 3 heteroatoms. The fourth-order valence-corrected chi connectivity index (χ4v) is 0.832. The largest absolute Gasteiger partial charge is 0.466 e. The molecule has 0 N–H and O–H groups in total. The summed E-state index contributed by atoms with van der Waals surface area (Å²) in [6, 6.07) is 0. The van der Waals surface area contributed by atoms with Crippen molar-refractivity contribution in [1.29, 1.82) is 0 Å². The molecule has 0 rings (SSSR count). The van der Waals surface area contributed by atoms with Crippen LogP contribution in [0.15, 0.2) is 0 Å². The highest BCUT2D eigenvalue weighted by molar-refractivity contribution is 6.17. The van der Waals surface area contributed by atoms with E-state index in [0.717, 1.165) is 19.3 Å². The second kappa shape index (κ2) is 7.86. The lowest BCUT2D eigenvalue weighted by Gasteiger charge is -1.99. The van der Waals surface area contributed by atoms with Gasteiger partial charge in [0.15, 0.2) is 0 Å². The molecule has 0 fully saturated rings. The number of carbonyl (C=O) groups excluding carboxylic acids is 1. The van der Waals surface area contributed by atoms with Crippen LogP contribution in [0.1, 0.15) is 26.2 Å². The average molecular weight is 178 g/mol. The first-order valence-electron chi connectivity index (χ1n) is 3.78. The zero-order valence-electron chi connectivity index (χ0n) is 6.81. The summed E-state index contributed by atoms with van der Waals surface area (Å²) in [6.45, 7) is 1.84. The quantitative estimate of drug-likeness (QED) is 0.353. The zero-order chi connectivity index (χ0) is 8.53. The molecule has 0 spiro atoms. The van der Waals surface area contributed by atoms with Crippen LogP contribution in [0.5, 0.6) is 0 Å². The number of unbranched alkanes of at least 4 members (excludes halogenated alkanes) is 3. The van der Waals surface area contributed by atoms with E-state index in [1.54, 1.807) is 0 Å². The smallest absolute Gasteiger partial charge is 0.302 e. The SMILES string of the molecule is CC(=O)OC[CH]CCCCCl. The maximum absolute atomic E-state index is 10.3. The number of alkyl halides is 1. The highest BCUT2D eigenvalue weighted by atomic mass is 35.5. The van der Waals surface area contributed by atoms with Gasteiger partial charge in [-0.25, -0.2) is 0 Å². The number of hydrogen-bond acceptors (Lipinski definition) is 2. The van der Waals surface area contributed by atoms with Gasteiger partial charge < -0.3 is 4.74 Å². The first kappa shape index (κ1) is 10.8. The van der Waals surface area contributed by atoms with Crippen molar-refractivity contribution in [2.45, 2.75) is 26.2 Å². The molecule has 0 atom stereocenters. The van der Waals surface area contributed by atoms with E-state index in [2.05, 4.69) is 0 Å². The molecule has 0 aromatic carbocycles. The summed E-state index contributed by atoms with van der Waals surface area (Å²) in [6.07, 6.45) is 5.02. The molecular formula is C8H14ClO2. The molecule has 0 aliphatic heterocycles. The third kappa shape index (κ3) is 9.76. The van der Waals surface area contributed by atoms with E-state index < -0.39 is 0 Å². The van der Waals surface area contributed by atoms with Gasteiger partial charge in [0.25, 0.3) is 0 Å². The predicted octanol–water partition coefficient (Wildman–Crippen LogP) is 2.16. The minimum absolute atomic E-state index is 0.224. The molecule has 0 unspecified atom stereocenters. The third-order valence-electron chi connectivity index (χ3n) is 1.20. The Balaban J connectivity index is 2.85. The lowest BCUT2D eigenvalue weighted by molar-refractivity contribution is -0.140. The maximum atomic E-state index is 10.3.